The second-order valence-corrected chi connectivity index (χ2v) is 5.38. The predicted octanol–water partition coefficient (Wildman–Crippen LogP) is 2.37. The van der Waals surface area contributed by atoms with Gasteiger partial charge in [-0.05, 0) is 40.5 Å². The number of rotatable bonds is 2. The molecule has 4 heteroatoms. The zero-order valence-electron chi connectivity index (χ0n) is 10.6. The van der Waals surface area contributed by atoms with Crippen molar-refractivity contribution in [3.8, 4) is 0 Å². The van der Waals surface area contributed by atoms with Gasteiger partial charge in [0, 0.05) is 19.0 Å². The molecule has 0 radical (unpaired) electrons. The normalized spacial score (nSPS) is 21.0. The molecule has 1 aliphatic heterocycles. The van der Waals surface area contributed by atoms with E-state index in [1.165, 1.54) is 0 Å². The highest BCUT2D eigenvalue weighted by molar-refractivity contribution is 5.77. The molecule has 0 saturated carbocycles. The molecule has 1 rings (SSSR count). The SMILES string of the molecule is CC(=O)C[C@@H]1CCCN1C(=O)OC(C)(C)C. The van der Waals surface area contributed by atoms with E-state index in [-0.39, 0.29) is 17.9 Å². The van der Waals surface area contributed by atoms with Crippen LogP contribution in [0.25, 0.3) is 0 Å². The van der Waals surface area contributed by atoms with Gasteiger partial charge >= 0.3 is 6.09 Å². The van der Waals surface area contributed by atoms with Crippen LogP contribution >= 0.6 is 0 Å². The van der Waals surface area contributed by atoms with Crippen molar-refractivity contribution >= 4 is 11.9 Å². The fourth-order valence-corrected chi connectivity index (χ4v) is 1.94. The third kappa shape index (κ3) is 3.83. The molecule has 0 aromatic heterocycles. The van der Waals surface area contributed by atoms with Gasteiger partial charge in [0.2, 0.25) is 0 Å². The monoisotopic (exact) mass is 227 g/mol. The van der Waals surface area contributed by atoms with Crippen LogP contribution in [-0.4, -0.2) is 35.0 Å². The van der Waals surface area contributed by atoms with Crippen LogP contribution in [0.4, 0.5) is 4.79 Å². The Labute approximate surface area is 96.9 Å². The summed E-state index contributed by atoms with van der Waals surface area (Å²) in [4.78, 5) is 24.6. The Bertz CT molecular complexity index is 280. The number of ether oxygens (including phenoxy) is 1. The second-order valence-electron chi connectivity index (χ2n) is 5.38. The van der Waals surface area contributed by atoms with E-state index < -0.39 is 5.60 Å². The molecule has 0 N–H and O–H groups in total. The minimum absolute atomic E-state index is 0.0346. The molecule has 4 nitrogen and oxygen atoms in total. The van der Waals surface area contributed by atoms with Crippen LogP contribution in [0.15, 0.2) is 0 Å². The molecule has 0 unspecified atom stereocenters. The molecule has 1 saturated heterocycles. The fourth-order valence-electron chi connectivity index (χ4n) is 1.94. The van der Waals surface area contributed by atoms with Crippen molar-refractivity contribution in [1.82, 2.24) is 4.90 Å². The summed E-state index contributed by atoms with van der Waals surface area (Å²) >= 11 is 0. The van der Waals surface area contributed by atoms with E-state index in [9.17, 15) is 9.59 Å². The lowest BCUT2D eigenvalue weighted by atomic mass is 10.1. The summed E-state index contributed by atoms with van der Waals surface area (Å²) in [6.07, 6.45) is 2.01. The maximum atomic E-state index is 11.8. The highest BCUT2D eigenvalue weighted by atomic mass is 16.6. The fraction of sp³-hybridized carbons (Fsp3) is 0.833. The minimum atomic E-state index is -0.472. The zero-order valence-corrected chi connectivity index (χ0v) is 10.6. The first-order chi connectivity index (χ1) is 7.29. The Balaban J connectivity index is 2.57. The molecule has 0 bridgehead atoms. The molecule has 1 aliphatic rings. The first kappa shape index (κ1) is 13.0. The van der Waals surface area contributed by atoms with Crippen LogP contribution in [0, 0.1) is 0 Å². The number of nitrogens with zero attached hydrogens (tertiary/aromatic N) is 1. The van der Waals surface area contributed by atoms with Crippen molar-refractivity contribution in [2.75, 3.05) is 6.54 Å². The van der Waals surface area contributed by atoms with Crippen LogP contribution in [0.2, 0.25) is 0 Å². The smallest absolute Gasteiger partial charge is 0.410 e. The standard InChI is InChI=1S/C12H21NO3/c1-9(14)8-10-6-5-7-13(10)11(15)16-12(2,3)4/h10H,5-8H2,1-4H3/t10-/m0/s1. The number of likely N-dealkylation sites (tertiary alicyclic amines) is 1. The number of ketones is 1. The van der Waals surface area contributed by atoms with Crippen molar-refractivity contribution in [2.24, 2.45) is 0 Å². The molecule has 0 aromatic rings. The van der Waals surface area contributed by atoms with Crippen LogP contribution in [0.3, 0.4) is 0 Å². The van der Waals surface area contributed by atoms with Gasteiger partial charge in [-0.2, -0.15) is 0 Å². The zero-order chi connectivity index (χ0) is 12.3. The van der Waals surface area contributed by atoms with Crippen molar-refractivity contribution in [1.29, 1.82) is 0 Å². The Morgan fingerprint density at radius 2 is 2.00 bits per heavy atom. The van der Waals surface area contributed by atoms with Crippen LogP contribution in [0.1, 0.15) is 47.0 Å². The van der Waals surface area contributed by atoms with Gasteiger partial charge in [0.15, 0.2) is 0 Å². The van der Waals surface area contributed by atoms with E-state index in [2.05, 4.69) is 0 Å². The van der Waals surface area contributed by atoms with Gasteiger partial charge in [0.1, 0.15) is 11.4 Å². The molecule has 1 atom stereocenters. The number of amides is 1. The van der Waals surface area contributed by atoms with Gasteiger partial charge in [0.05, 0.1) is 0 Å². The summed E-state index contributed by atoms with van der Waals surface area (Å²) in [5.74, 6) is 0.125. The van der Waals surface area contributed by atoms with Gasteiger partial charge < -0.3 is 9.64 Å². The van der Waals surface area contributed by atoms with Gasteiger partial charge in [-0.1, -0.05) is 0 Å². The van der Waals surface area contributed by atoms with Gasteiger partial charge in [-0.3, -0.25) is 4.79 Å². The molecule has 0 spiro atoms. The average Bonchev–Trinajstić information content (AvgIpc) is 2.47. The van der Waals surface area contributed by atoms with E-state index in [0.29, 0.717) is 13.0 Å². The summed E-state index contributed by atoms with van der Waals surface area (Å²) in [5, 5.41) is 0. The summed E-state index contributed by atoms with van der Waals surface area (Å²) in [6.45, 7) is 7.81. The van der Waals surface area contributed by atoms with Gasteiger partial charge in [0.25, 0.3) is 0 Å². The minimum Gasteiger partial charge on any atom is -0.444 e. The molecular weight excluding hydrogens is 206 g/mol. The number of hydrogen-bond donors (Lipinski definition) is 0. The third-order valence-corrected chi connectivity index (χ3v) is 2.53. The molecule has 0 aromatic carbocycles. The summed E-state index contributed by atoms with van der Waals surface area (Å²) in [6, 6.07) is 0.0346. The first-order valence-corrected chi connectivity index (χ1v) is 5.78. The number of carbonyl (C=O) groups is 2. The lowest BCUT2D eigenvalue weighted by molar-refractivity contribution is -0.117. The molecule has 1 heterocycles. The molecule has 0 aliphatic carbocycles. The highest BCUT2D eigenvalue weighted by Crippen LogP contribution is 2.23. The Morgan fingerprint density at radius 1 is 1.38 bits per heavy atom. The van der Waals surface area contributed by atoms with Crippen LogP contribution in [0.5, 0.6) is 0 Å². The van der Waals surface area contributed by atoms with Crippen molar-refractivity contribution in [3.05, 3.63) is 0 Å². The first-order valence-electron chi connectivity index (χ1n) is 5.78. The molecule has 92 valence electrons. The van der Waals surface area contributed by atoms with Crippen LogP contribution in [-0.2, 0) is 9.53 Å². The Hall–Kier alpha value is -1.06. The van der Waals surface area contributed by atoms with E-state index in [0.717, 1.165) is 12.8 Å². The van der Waals surface area contributed by atoms with Crippen LogP contribution < -0.4 is 0 Å². The summed E-state index contributed by atoms with van der Waals surface area (Å²) < 4.78 is 5.31. The summed E-state index contributed by atoms with van der Waals surface area (Å²) in [5.41, 5.74) is -0.472. The summed E-state index contributed by atoms with van der Waals surface area (Å²) in [7, 11) is 0. The van der Waals surface area contributed by atoms with Gasteiger partial charge in [-0.15, -0.1) is 0 Å². The number of carbonyl (C=O) groups excluding carboxylic acids is 2. The lowest BCUT2D eigenvalue weighted by Crippen LogP contribution is -2.40. The maximum absolute atomic E-state index is 11.8. The van der Waals surface area contributed by atoms with Crippen molar-refractivity contribution in [2.45, 2.75) is 58.6 Å². The van der Waals surface area contributed by atoms with E-state index in [4.69, 9.17) is 4.74 Å². The molecule has 1 fully saturated rings. The Morgan fingerprint density at radius 3 is 2.50 bits per heavy atom. The maximum Gasteiger partial charge on any atom is 0.410 e. The molecular formula is C12H21NO3. The van der Waals surface area contributed by atoms with E-state index in [1.807, 2.05) is 20.8 Å². The number of hydrogen-bond acceptors (Lipinski definition) is 3. The Kier molecular flexibility index (Phi) is 3.94. The molecule has 1 amide bonds. The predicted molar refractivity (Wildman–Crippen MR) is 61.3 cm³/mol. The quantitative estimate of drug-likeness (QED) is 0.727. The van der Waals surface area contributed by atoms with Crippen molar-refractivity contribution < 1.29 is 14.3 Å². The second kappa shape index (κ2) is 4.85. The van der Waals surface area contributed by atoms with Crippen molar-refractivity contribution in [3.63, 3.8) is 0 Å². The van der Waals surface area contributed by atoms with E-state index in [1.54, 1.807) is 11.8 Å². The number of Topliss-reactive ketones (excluding diaryl/α,β-unsaturated/α-hetero) is 1. The topological polar surface area (TPSA) is 46.6 Å². The average molecular weight is 227 g/mol. The van der Waals surface area contributed by atoms with E-state index >= 15 is 0 Å². The largest absolute Gasteiger partial charge is 0.444 e. The third-order valence-electron chi connectivity index (χ3n) is 2.53. The lowest BCUT2D eigenvalue weighted by Gasteiger charge is -2.28. The molecule has 16 heavy (non-hydrogen) atoms. The highest BCUT2D eigenvalue weighted by Gasteiger charge is 2.32. The van der Waals surface area contributed by atoms with Gasteiger partial charge in [-0.25, -0.2) is 4.79 Å².